The van der Waals surface area contributed by atoms with Gasteiger partial charge in [0.15, 0.2) is 34.9 Å². The molecular formula is C80H50N8. The van der Waals surface area contributed by atoms with Crippen molar-refractivity contribution in [2.45, 2.75) is 0 Å². The summed E-state index contributed by atoms with van der Waals surface area (Å²) in [5.41, 5.74) is 16.1. The highest BCUT2D eigenvalue weighted by molar-refractivity contribution is 6.21. The van der Waals surface area contributed by atoms with Crippen LogP contribution in [0.15, 0.2) is 303 Å². The second-order valence-corrected chi connectivity index (χ2v) is 22.2. The number of hydrogen-bond donors (Lipinski definition) is 0. The van der Waals surface area contributed by atoms with E-state index in [9.17, 15) is 0 Å². The van der Waals surface area contributed by atoms with E-state index >= 15 is 0 Å². The lowest BCUT2D eigenvalue weighted by atomic mass is 9.93. The third kappa shape index (κ3) is 8.61. The molecule has 17 aromatic rings. The monoisotopic (exact) mass is 1120 g/mol. The lowest BCUT2D eigenvalue weighted by Gasteiger charge is -2.23. The number of aromatic nitrogens is 8. The van der Waals surface area contributed by atoms with Crippen LogP contribution in [0.4, 0.5) is 0 Å². The van der Waals surface area contributed by atoms with E-state index in [-0.39, 0.29) is 0 Å². The fourth-order valence-electron chi connectivity index (χ4n) is 12.9. The summed E-state index contributed by atoms with van der Waals surface area (Å²) in [6.07, 6.45) is 0. The molecule has 0 saturated carbocycles. The second-order valence-electron chi connectivity index (χ2n) is 22.2. The standard InChI is InChI=1S/C80H50N8/c1-5-23-55(24-6-1)75-81-76(56-25-7-2-8-26-56)84-79(83-75)59-41-37-53(38-42-59)68-49-61(87-70-35-19-17-33-64(70)66-47-45-51-21-13-15-31-62(51)72(66)87)50-69(74(68)88-71-36-20-18-34-65(71)67-48-46-52-22-14-16-32-63(52)73(67)88)54-39-43-60(44-40-54)80-85-77(57-27-9-3-10-28-57)82-78(86-80)58-29-11-4-12-30-58/h1-50H. The summed E-state index contributed by atoms with van der Waals surface area (Å²) < 4.78 is 5.01. The molecule has 0 saturated heterocycles. The number of rotatable bonds is 10. The van der Waals surface area contributed by atoms with Gasteiger partial charge >= 0.3 is 0 Å². The Kier molecular flexibility index (Phi) is 12.0. The molecule has 0 spiro atoms. The van der Waals surface area contributed by atoms with Crippen molar-refractivity contribution in [3.05, 3.63) is 303 Å². The van der Waals surface area contributed by atoms with Gasteiger partial charge in [-0.3, -0.25) is 0 Å². The van der Waals surface area contributed by atoms with Gasteiger partial charge in [0.25, 0.3) is 0 Å². The van der Waals surface area contributed by atoms with Crippen LogP contribution in [0.5, 0.6) is 0 Å². The van der Waals surface area contributed by atoms with Crippen LogP contribution in [0, 0.1) is 0 Å². The summed E-state index contributed by atoms with van der Waals surface area (Å²) in [7, 11) is 0. The molecule has 0 aliphatic heterocycles. The van der Waals surface area contributed by atoms with Gasteiger partial charge in [0, 0.05) is 82.5 Å². The predicted octanol–water partition coefficient (Wildman–Crippen LogP) is 19.9. The maximum absolute atomic E-state index is 5.17. The van der Waals surface area contributed by atoms with Crippen molar-refractivity contribution in [1.29, 1.82) is 0 Å². The highest BCUT2D eigenvalue weighted by Crippen LogP contribution is 2.47. The molecule has 0 aliphatic rings. The lowest BCUT2D eigenvalue weighted by molar-refractivity contribution is 1.07. The van der Waals surface area contributed by atoms with Crippen molar-refractivity contribution in [2.75, 3.05) is 0 Å². The summed E-state index contributed by atoms with van der Waals surface area (Å²) >= 11 is 0. The highest BCUT2D eigenvalue weighted by Gasteiger charge is 2.26. The van der Waals surface area contributed by atoms with Crippen LogP contribution in [0.3, 0.4) is 0 Å². The maximum atomic E-state index is 5.17. The summed E-state index contributed by atoms with van der Waals surface area (Å²) in [6.45, 7) is 0. The number of para-hydroxylation sites is 2. The van der Waals surface area contributed by atoms with E-state index in [2.05, 4.69) is 191 Å². The van der Waals surface area contributed by atoms with E-state index in [1.54, 1.807) is 0 Å². The molecule has 17 rings (SSSR count). The fourth-order valence-corrected chi connectivity index (χ4v) is 12.9. The summed E-state index contributed by atoms with van der Waals surface area (Å²) in [6, 6.07) is 107. The first kappa shape index (κ1) is 50.5. The molecule has 0 fully saturated rings. The third-order valence-corrected chi connectivity index (χ3v) is 17.0. The van der Waals surface area contributed by atoms with E-state index < -0.39 is 0 Å². The van der Waals surface area contributed by atoms with Crippen LogP contribution in [-0.2, 0) is 0 Å². The van der Waals surface area contributed by atoms with Gasteiger partial charge in [-0.1, -0.05) is 279 Å². The first-order chi connectivity index (χ1) is 43.6. The second kappa shape index (κ2) is 21.0. The Bertz CT molecular complexity index is 5220. The number of benzene rings is 13. The Labute approximate surface area is 506 Å². The van der Waals surface area contributed by atoms with Crippen LogP contribution < -0.4 is 0 Å². The largest absolute Gasteiger partial charge is 0.309 e. The SMILES string of the molecule is c1ccc(-c2nc(-c3ccccc3)nc(-c3ccc(-c4cc(-n5c6ccccc6c6ccc7ccccc7c65)cc(-c5ccc(-c6nc(-c7ccccc7)nc(-c7ccccc7)n6)cc5)c4-n4c5ccccc5c5ccc6ccccc6c54)cc3)n2)cc1. The van der Waals surface area contributed by atoms with E-state index in [0.29, 0.717) is 34.9 Å². The van der Waals surface area contributed by atoms with Crippen molar-refractivity contribution in [2.24, 2.45) is 0 Å². The average molecular weight is 1120 g/mol. The fraction of sp³-hybridized carbons (Fsp3) is 0. The van der Waals surface area contributed by atoms with E-state index in [4.69, 9.17) is 29.9 Å². The van der Waals surface area contributed by atoms with Crippen LogP contribution in [0.25, 0.3) is 167 Å². The maximum Gasteiger partial charge on any atom is 0.164 e. The molecule has 0 atom stereocenters. The quantitative estimate of drug-likeness (QED) is 0.136. The average Bonchev–Trinajstić information content (AvgIpc) is 1.76. The molecule has 0 bridgehead atoms. The molecule has 0 unspecified atom stereocenters. The minimum atomic E-state index is 0.588. The zero-order chi connectivity index (χ0) is 58.1. The van der Waals surface area contributed by atoms with Gasteiger partial charge in [-0.25, -0.2) is 29.9 Å². The van der Waals surface area contributed by atoms with Gasteiger partial charge in [-0.05, 0) is 46.2 Å². The first-order valence-electron chi connectivity index (χ1n) is 29.6. The van der Waals surface area contributed by atoms with Crippen LogP contribution in [0.2, 0.25) is 0 Å². The Morgan fingerprint density at radius 1 is 0.205 bits per heavy atom. The summed E-state index contributed by atoms with van der Waals surface area (Å²) in [5, 5.41) is 9.38. The van der Waals surface area contributed by atoms with Crippen LogP contribution in [0.1, 0.15) is 0 Å². The normalized spacial score (nSPS) is 11.6. The van der Waals surface area contributed by atoms with Gasteiger partial charge < -0.3 is 9.13 Å². The predicted molar refractivity (Wildman–Crippen MR) is 360 cm³/mol. The molecule has 4 aromatic heterocycles. The van der Waals surface area contributed by atoms with E-state index in [1.807, 2.05) is 121 Å². The number of fused-ring (bicyclic) bond motifs is 10. The zero-order valence-corrected chi connectivity index (χ0v) is 47.4. The summed E-state index contributed by atoms with van der Waals surface area (Å²) in [5.74, 6) is 3.62. The summed E-state index contributed by atoms with van der Waals surface area (Å²) in [4.78, 5) is 30.7. The molecular weight excluding hydrogens is 1070 g/mol. The molecule has 0 aliphatic carbocycles. The molecule has 8 nitrogen and oxygen atoms in total. The van der Waals surface area contributed by atoms with Gasteiger partial charge in [0.2, 0.25) is 0 Å². The molecule has 0 amide bonds. The smallest absolute Gasteiger partial charge is 0.164 e. The Balaban J connectivity index is 0.955. The van der Waals surface area contributed by atoms with Gasteiger partial charge in [-0.2, -0.15) is 0 Å². The van der Waals surface area contributed by atoms with Crippen molar-refractivity contribution >= 4 is 65.2 Å². The van der Waals surface area contributed by atoms with E-state index in [0.717, 1.165) is 99.8 Å². The molecule has 410 valence electrons. The minimum absolute atomic E-state index is 0.588. The number of nitrogens with zero attached hydrogens (tertiary/aromatic N) is 8. The third-order valence-electron chi connectivity index (χ3n) is 17.0. The highest BCUT2D eigenvalue weighted by atomic mass is 15.0. The molecule has 88 heavy (non-hydrogen) atoms. The van der Waals surface area contributed by atoms with Gasteiger partial charge in [0.1, 0.15) is 0 Å². The number of hydrogen-bond acceptors (Lipinski definition) is 6. The molecule has 0 radical (unpaired) electrons. The minimum Gasteiger partial charge on any atom is -0.309 e. The lowest BCUT2D eigenvalue weighted by Crippen LogP contribution is -2.05. The Morgan fingerprint density at radius 3 is 0.864 bits per heavy atom. The van der Waals surface area contributed by atoms with Crippen molar-refractivity contribution in [3.8, 4) is 102 Å². The molecule has 4 heterocycles. The van der Waals surface area contributed by atoms with Gasteiger partial charge in [0.05, 0.1) is 27.8 Å². The molecule has 13 aromatic carbocycles. The zero-order valence-electron chi connectivity index (χ0n) is 47.4. The first-order valence-corrected chi connectivity index (χ1v) is 29.6. The topological polar surface area (TPSA) is 87.2 Å². The van der Waals surface area contributed by atoms with Crippen LogP contribution >= 0.6 is 0 Å². The van der Waals surface area contributed by atoms with Crippen molar-refractivity contribution in [3.63, 3.8) is 0 Å². The molecule has 8 heteroatoms. The Morgan fingerprint density at radius 2 is 0.489 bits per heavy atom. The van der Waals surface area contributed by atoms with Gasteiger partial charge in [-0.15, -0.1) is 0 Å². The van der Waals surface area contributed by atoms with Crippen molar-refractivity contribution < 1.29 is 0 Å². The van der Waals surface area contributed by atoms with Crippen LogP contribution in [-0.4, -0.2) is 39.0 Å². The molecule has 0 N–H and O–H groups in total. The van der Waals surface area contributed by atoms with E-state index in [1.165, 1.54) is 32.3 Å². The Hall–Kier alpha value is -12.0. The van der Waals surface area contributed by atoms with Crippen molar-refractivity contribution in [1.82, 2.24) is 39.0 Å².